The first-order chi connectivity index (χ1) is 6.47. The van der Waals surface area contributed by atoms with Gasteiger partial charge in [0.2, 0.25) is 0 Å². The Balaban J connectivity index is 2.72. The van der Waals surface area contributed by atoms with Gasteiger partial charge in [0, 0.05) is 11.6 Å². The number of halogens is 1. The Morgan fingerprint density at radius 1 is 1.14 bits per heavy atom. The van der Waals surface area contributed by atoms with Gasteiger partial charge in [-0.15, -0.1) is 0 Å². The van der Waals surface area contributed by atoms with Gasteiger partial charge in [-0.05, 0) is 18.3 Å². The van der Waals surface area contributed by atoms with Crippen molar-refractivity contribution in [1.82, 2.24) is 0 Å². The fraction of sp³-hybridized carbons (Fsp3) is 1.00. The molecule has 1 fully saturated rings. The molecule has 1 aliphatic carbocycles. The number of hydrogen-bond donors (Lipinski definition) is 0. The maximum Gasteiger partial charge on any atom is 0.148 e. The fourth-order valence-electron chi connectivity index (χ4n) is 2.35. The van der Waals surface area contributed by atoms with Crippen LogP contribution in [-0.4, -0.2) is 25.8 Å². The van der Waals surface area contributed by atoms with Gasteiger partial charge in [0.25, 0.3) is 0 Å². The van der Waals surface area contributed by atoms with Crippen molar-refractivity contribution in [3.63, 3.8) is 0 Å². The molecule has 0 aliphatic heterocycles. The zero-order valence-corrected chi connectivity index (χ0v) is 11.2. The molecule has 84 valence electrons. The molecule has 0 saturated heterocycles. The smallest absolute Gasteiger partial charge is 0.148 e. The van der Waals surface area contributed by atoms with Crippen LogP contribution in [0.15, 0.2) is 0 Å². The highest BCUT2D eigenvalue weighted by atomic mass is 79.9. The predicted molar refractivity (Wildman–Crippen MR) is 63.6 cm³/mol. The van der Waals surface area contributed by atoms with Crippen molar-refractivity contribution in [1.29, 1.82) is 0 Å². The highest BCUT2D eigenvalue weighted by molar-refractivity contribution is 9.09. The summed E-state index contributed by atoms with van der Waals surface area (Å²) in [6, 6.07) is 0. The second-order valence-electron chi connectivity index (χ2n) is 4.62. The molecule has 0 aromatic rings. The van der Waals surface area contributed by atoms with E-state index in [4.69, 9.17) is 0 Å². The minimum atomic E-state index is -2.84. The van der Waals surface area contributed by atoms with Crippen molar-refractivity contribution in [2.45, 2.75) is 38.5 Å². The highest BCUT2D eigenvalue weighted by Crippen LogP contribution is 2.37. The van der Waals surface area contributed by atoms with Gasteiger partial charge in [-0.3, -0.25) is 0 Å². The number of rotatable bonds is 3. The van der Waals surface area contributed by atoms with Crippen LogP contribution in [0.4, 0.5) is 0 Å². The minimum Gasteiger partial charge on any atom is -0.229 e. The molecule has 0 aromatic heterocycles. The van der Waals surface area contributed by atoms with Gasteiger partial charge in [-0.1, -0.05) is 41.6 Å². The van der Waals surface area contributed by atoms with Gasteiger partial charge in [-0.25, -0.2) is 8.42 Å². The van der Waals surface area contributed by atoms with Crippen molar-refractivity contribution < 1.29 is 8.42 Å². The normalized spacial score (nSPS) is 23.0. The Morgan fingerprint density at radius 3 is 2.00 bits per heavy atom. The quantitative estimate of drug-likeness (QED) is 0.589. The molecule has 0 atom stereocenters. The monoisotopic (exact) mass is 282 g/mol. The largest absolute Gasteiger partial charge is 0.229 e. The molecule has 0 amide bonds. The molecule has 2 nitrogen and oxygen atoms in total. The van der Waals surface area contributed by atoms with Crippen molar-refractivity contribution >= 4 is 25.8 Å². The van der Waals surface area contributed by atoms with E-state index in [1.165, 1.54) is 31.9 Å². The molecule has 0 radical (unpaired) electrons. The van der Waals surface area contributed by atoms with Crippen LogP contribution in [0.1, 0.15) is 38.5 Å². The molecule has 0 bridgehead atoms. The maximum absolute atomic E-state index is 11.4. The summed E-state index contributed by atoms with van der Waals surface area (Å²) in [6.07, 6.45) is 8.36. The Labute approximate surface area is 95.5 Å². The molecule has 0 unspecified atom stereocenters. The second-order valence-corrected chi connectivity index (χ2v) is 7.32. The number of alkyl halides is 1. The molecule has 14 heavy (non-hydrogen) atoms. The summed E-state index contributed by atoms with van der Waals surface area (Å²) in [5.74, 6) is 0.352. The molecular weight excluding hydrogens is 264 g/mol. The summed E-state index contributed by atoms with van der Waals surface area (Å²) < 4.78 is 22.7. The topological polar surface area (TPSA) is 34.1 Å². The van der Waals surface area contributed by atoms with Crippen LogP contribution in [0.5, 0.6) is 0 Å². The SMILES string of the molecule is CS(=O)(=O)CC1(CBr)CCCCCC1. The summed E-state index contributed by atoms with van der Waals surface area (Å²) in [4.78, 5) is 0. The molecular formula is C10H19BrO2S. The summed E-state index contributed by atoms with van der Waals surface area (Å²) in [5.41, 5.74) is 0.0179. The third kappa shape index (κ3) is 3.89. The first-order valence-electron chi connectivity index (χ1n) is 5.21. The molecule has 0 aromatic carbocycles. The Morgan fingerprint density at radius 2 is 1.64 bits per heavy atom. The minimum absolute atomic E-state index is 0.0179. The fourth-order valence-corrected chi connectivity index (χ4v) is 4.88. The Kier molecular flexibility index (Phi) is 4.44. The third-order valence-corrected chi connectivity index (χ3v) is 5.34. The van der Waals surface area contributed by atoms with Crippen molar-refractivity contribution in [2.24, 2.45) is 5.41 Å². The van der Waals surface area contributed by atoms with Crippen LogP contribution in [0.25, 0.3) is 0 Å². The van der Waals surface area contributed by atoms with E-state index in [1.54, 1.807) is 0 Å². The van der Waals surface area contributed by atoms with Crippen LogP contribution >= 0.6 is 15.9 Å². The third-order valence-electron chi connectivity index (χ3n) is 3.02. The lowest BCUT2D eigenvalue weighted by Crippen LogP contribution is -2.31. The van der Waals surface area contributed by atoms with E-state index >= 15 is 0 Å². The first kappa shape index (κ1) is 12.5. The average molecular weight is 283 g/mol. The second kappa shape index (κ2) is 4.97. The first-order valence-corrected chi connectivity index (χ1v) is 8.39. The Bertz CT molecular complexity index is 264. The zero-order chi connectivity index (χ0) is 10.7. The number of hydrogen-bond acceptors (Lipinski definition) is 2. The van der Waals surface area contributed by atoms with Gasteiger partial charge in [0.05, 0.1) is 5.75 Å². The standard InChI is InChI=1S/C10H19BrO2S/c1-14(12,13)9-10(8-11)6-4-2-3-5-7-10/h2-9H2,1H3. The lowest BCUT2D eigenvalue weighted by Gasteiger charge is -2.29. The van der Waals surface area contributed by atoms with Crippen molar-refractivity contribution in [2.75, 3.05) is 17.3 Å². The van der Waals surface area contributed by atoms with Crippen LogP contribution < -0.4 is 0 Å². The van der Waals surface area contributed by atoms with E-state index < -0.39 is 9.84 Å². The molecule has 0 N–H and O–H groups in total. The van der Waals surface area contributed by atoms with E-state index in [-0.39, 0.29) is 5.41 Å². The van der Waals surface area contributed by atoms with Crippen LogP contribution in [-0.2, 0) is 9.84 Å². The molecule has 1 rings (SSSR count). The van der Waals surface area contributed by atoms with Gasteiger partial charge in [-0.2, -0.15) is 0 Å². The molecule has 0 heterocycles. The molecule has 1 aliphatic rings. The van der Waals surface area contributed by atoms with Crippen LogP contribution in [0.2, 0.25) is 0 Å². The molecule has 0 spiro atoms. The predicted octanol–water partition coefficient (Wildman–Crippen LogP) is 2.77. The van der Waals surface area contributed by atoms with E-state index in [1.807, 2.05) is 0 Å². The van der Waals surface area contributed by atoms with E-state index in [0.717, 1.165) is 18.2 Å². The average Bonchev–Trinajstić information content (AvgIpc) is 2.28. The zero-order valence-electron chi connectivity index (χ0n) is 8.76. The summed E-state index contributed by atoms with van der Waals surface area (Å²) >= 11 is 3.49. The lowest BCUT2D eigenvalue weighted by molar-refractivity contribution is 0.328. The van der Waals surface area contributed by atoms with Crippen LogP contribution in [0, 0.1) is 5.41 Å². The van der Waals surface area contributed by atoms with Gasteiger partial charge in [0.1, 0.15) is 9.84 Å². The van der Waals surface area contributed by atoms with E-state index in [0.29, 0.717) is 5.75 Å². The summed E-state index contributed by atoms with van der Waals surface area (Å²) in [5, 5.41) is 0.826. The molecule has 1 saturated carbocycles. The summed E-state index contributed by atoms with van der Waals surface area (Å²) in [7, 11) is -2.84. The molecule has 4 heteroatoms. The van der Waals surface area contributed by atoms with Crippen LogP contribution in [0.3, 0.4) is 0 Å². The van der Waals surface area contributed by atoms with Gasteiger partial charge < -0.3 is 0 Å². The number of sulfone groups is 1. The van der Waals surface area contributed by atoms with E-state index in [9.17, 15) is 8.42 Å². The van der Waals surface area contributed by atoms with Gasteiger partial charge in [0.15, 0.2) is 0 Å². The maximum atomic E-state index is 11.4. The van der Waals surface area contributed by atoms with Crippen molar-refractivity contribution in [3.05, 3.63) is 0 Å². The van der Waals surface area contributed by atoms with E-state index in [2.05, 4.69) is 15.9 Å². The lowest BCUT2D eigenvalue weighted by atomic mass is 9.85. The summed E-state index contributed by atoms with van der Waals surface area (Å²) in [6.45, 7) is 0. The van der Waals surface area contributed by atoms with Gasteiger partial charge >= 0.3 is 0 Å². The highest BCUT2D eigenvalue weighted by Gasteiger charge is 2.33. The van der Waals surface area contributed by atoms with Crippen molar-refractivity contribution in [3.8, 4) is 0 Å². The Hall–Kier alpha value is 0.430.